The molecule has 76 valence electrons. The van der Waals surface area contributed by atoms with Crippen LogP contribution >= 0.6 is 11.6 Å². The molecule has 4 N–H and O–H groups in total. The number of anilines is 1. The molecule has 0 atom stereocenters. The van der Waals surface area contributed by atoms with Gasteiger partial charge in [0.05, 0.1) is 0 Å². The molecule has 1 heterocycles. The number of aromatic nitrogens is 1. The van der Waals surface area contributed by atoms with Crippen LogP contribution < -0.4 is 16.2 Å². The molecule has 0 fully saturated rings. The molecule has 0 radical (unpaired) electrons. The van der Waals surface area contributed by atoms with Crippen molar-refractivity contribution >= 4 is 29.8 Å². The van der Waals surface area contributed by atoms with Gasteiger partial charge < -0.3 is 20.8 Å². The highest BCUT2D eigenvalue weighted by Gasteiger charge is 2.20. The molecule has 0 bridgehead atoms. The number of ether oxygens (including phenoxy) is 1. The first kappa shape index (κ1) is 10.4. The fraction of sp³-hybridized carbons (Fsp3) is 0.143. The van der Waals surface area contributed by atoms with Gasteiger partial charge in [-0.2, -0.15) is 0 Å². The molecular weight excluding hydrogens is 210 g/mol. The van der Waals surface area contributed by atoms with Crippen LogP contribution in [0.1, 0.15) is 10.5 Å². The minimum atomic E-state index is -1.04. The summed E-state index contributed by atoms with van der Waals surface area (Å²) < 4.78 is 5.84. The first-order valence-electron chi connectivity index (χ1n) is 3.55. The second kappa shape index (κ2) is 3.59. The molecule has 1 amide bonds. The lowest BCUT2D eigenvalue weighted by Gasteiger charge is -2.00. The number of carbonyl (C=O) groups excluding carboxylic acids is 2. The van der Waals surface area contributed by atoms with E-state index in [4.69, 9.17) is 23.1 Å². The first-order valence-corrected chi connectivity index (χ1v) is 3.93. The summed E-state index contributed by atoms with van der Waals surface area (Å²) in [5.74, 6) is -0.0281. The molecule has 6 nitrogen and oxygen atoms in total. The van der Waals surface area contributed by atoms with E-state index in [0.29, 0.717) is 6.29 Å². The molecule has 0 unspecified atom stereocenters. The second-order valence-electron chi connectivity index (χ2n) is 2.51. The third-order valence-electron chi connectivity index (χ3n) is 1.69. The van der Waals surface area contributed by atoms with Crippen molar-refractivity contribution < 1.29 is 14.3 Å². The Bertz CT molecular complexity index is 399. The number of halogens is 1. The van der Waals surface area contributed by atoms with Crippen LogP contribution in [0.5, 0.6) is 5.75 Å². The summed E-state index contributed by atoms with van der Waals surface area (Å²) in [6.07, 6.45) is -0.534. The minimum Gasteiger partial charge on any atom is -0.405 e. The van der Waals surface area contributed by atoms with Gasteiger partial charge in [0.25, 0.3) is 0 Å². The van der Waals surface area contributed by atoms with Gasteiger partial charge in [0.2, 0.25) is 0 Å². The molecule has 1 aromatic rings. The van der Waals surface area contributed by atoms with Gasteiger partial charge in [0.1, 0.15) is 16.5 Å². The normalized spacial score (nSPS) is 9.86. The number of hydrogen-bond donors (Lipinski definition) is 2. The molecular formula is C7H8ClN3O3. The van der Waals surface area contributed by atoms with Gasteiger partial charge in [-0.3, -0.25) is 4.79 Å². The summed E-state index contributed by atoms with van der Waals surface area (Å²) >= 11 is 5.71. The van der Waals surface area contributed by atoms with Crippen molar-refractivity contribution in [2.24, 2.45) is 12.8 Å². The van der Waals surface area contributed by atoms with Crippen molar-refractivity contribution in [1.29, 1.82) is 0 Å². The Morgan fingerprint density at radius 1 is 1.64 bits per heavy atom. The van der Waals surface area contributed by atoms with Gasteiger partial charge in [-0.25, -0.2) is 4.79 Å². The Morgan fingerprint density at radius 2 is 2.21 bits per heavy atom. The van der Waals surface area contributed by atoms with Gasteiger partial charge in [-0.05, 0) is 0 Å². The number of nitrogen functional groups attached to an aromatic ring is 1. The zero-order chi connectivity index (χ0) is 10.9. The summed E-state index contributed by atoms with van der Waals surface area (Å²) in [5, 5.41) is -0.0289. The summed E-state index contributed by atoms with van der Waals surface area (Å²) in [5.41, 5.74) is 10.4. The monoisotopic (exact) mass is 217 g/mol. The average Bonchev–Trinajstić information content (AvgIpc) is 2.30. The predicted octanol–water partition coefficient (Wildman–Crippen LogP) is 0.531. The highest BCUT2D eigenvalue weighted by molar-refractivity contribution is 6.35. The molecule has 0 saturated carbocycles. The number of hydrogen-bond acceptors (Lipinski definition) is 4. The number of rotatable bonds is 2. The van der Waals surface area contributed by atoms with E-state index >= 15 is 0 Å². The van der Waals surface area contributed by atoms with Crippen molar-refractivity contribution in [3.63, 3.8) is 0 Å². The summed E-state index contributed by atoms with van der Waals surface area (Å²) in [7, 11) is 1.51. The van der Waals surface area contributed by atoms with Gasteiger partial charge in [0, 0.05) is 7.05 Å². The molecule has 0 aliphatic carbocycles. The quantitative estimate of drug-likeness (QED) is 0.706. The Labute approximate surface area is 84.4 Å². The smallest absolute Gasteiger partial charge is 0.405 e. The van der Waals surface area contributed by atoms with Crippen molar-refractivity contribution in [1.82, 2.24) is 4.57 Å². The van der Waals surface area contributed by atoms with E-state index in [1.54, 1.807) is 0 Å². The molecule has 1 aromatic heterocycles. The largest absolute Gasteiger partial charge is 0.410 e. The van der Waals surface area contributed by atoms with Crippen molar-refractivity contribution in [2.45, 2.75) is 0 Å². The fourth-order valence-corrected chi connectivity index (χ4v) is 1.29. The van der Waals surface area contributed by atoms with E-state index < -0.39 is 6.09 Å². The van der Waals surface area contributed by atoms with Gasteiger partial charge in [0.15, 0.2) is 12.0 Å². The molecule has 0 spiro atoms. The average molecular weight is 218 g/mol. The van der Waals surface area contributed by atoms with Crippen LogP contribution in [0.15, 0.2) is 0 Å². The predicted molar refractivity (Wildman–Crippen MR) is 50.4 cm³/mol. The maximum Gasteiger partial charge on any atom is 0.410 e. The molecule has 0 aromatic carbocycles. The molecule has 0 aliphatic rings. The van der Waals surface area contributed by atoms with Crippen LogP contribution in [0.4, 0.5) is 10.6 Å². The Hall–Kier alpha value is -1.69. The van der Waals surface area contributed by atoms with E-state index in [1.807, 2.05) is 0 Å². The maximum atomic E-state index is 10.6. The lowest BCUT2D eigenvalue weighted by molar-refractivity contribution is 0.111. The number of primary amides is 1. The lowest BCUT2D eigenvalue weighted by atomic mass is 10.4. The Kier molecular flexibility index (Phi) is 2.66. The number of nitrogens with zero attached hydrogens (tertiary/aromatic N) is 1. The van der Waals surface area contributed by atoms with Crippen LogP contribution in [-0.2, 0) is 7.05 Å². The molecule has 0 aliphatic heterocycles. The second-order valence-corrected chi connectivity index (χ2v) is 2.89. The topological polar surface area (TPSA) is 100 Å². The van der Waals surface area contributed by atoms with E-state index in [9.17, 15) is 9.59 Å². The van der Waals surface area contributed by atoms with Gasteiger partial charge >= 0.3 is 6.09 Å². The van der Waals surface area contributed by atoms with E-state index in [0.717, 1.165) is 0 Å². The zero-order valence-electron chi connectivity index (χ0n) is 7.28. The van der Waals surface area contributed by atoms with Crippen LogP contribution in [-0.4, -0.2) is 16.9 Å². The number of amides is 1. The fourth-order valence-electron chi connectivity index (χ4n) is 0.987. The van der Waals surface area contributed by atoms with Crippen LogP contribution in [0, 0.1) is 0 Å². The summed E-state index contributed by atoms with van der Waals surface area (Å²) in [4.78, 5) is 21.0. The lowest BCUT2D eigenvalue weighted by Crippen LogP contribution is -2.17. The van der Waals surface area contributed by atoms with E-state index in [2.05, 4.69) is 4.74 Å². The highest BCUT2D eigenvalue weighted by atomic mass is 35.5. The molecule has 14 heavy (non-hydrogen) atoms. The van der Waals surface area contributed by atoms with Crippen LogP contribution in [0.2, 0.25) is 5.02 Å². The summed E-state index contributed by atoms with van der Waals surface area (Å²) in [6, 6.07) is 0. The SMILES string of the molecule is Cn1c(N)c(OC(N)=O)c(Cl)c1C=O. The van der Waals surface area contributed by atoms with Crippen molar-refractivity contribution in [3.05, 3.63) is 10.7 Å². The molecule has 1 rings (SSSR count). The first-order chi connectivity index (χ1) is 6.49. The Balaban J connectivity index is 3.29. The molecule has 0 saturated heterocycles. The maximum absolute atomic E-state index is 10.6. The van der Waals surface area contributed by atoms with Crippen LogP contribution in [0.25, 0.3) is 0 Å². The van der Waals surface area contributed by atoms with Gasteiger partial charge in [-0.1, -0.05) is 11.6 Å². The minimum absolute atomic E-state index is 0.0289. The van der Waals surface area contributed by atoms with Gasteiger partial charge in [-0.15, -0.1) is 0 Å². The van der Waals surface area contributed by atoms with E-state index in [1.165, 1.54) is 11.6 Å². The van der Waals surface area contributed by atoms with Crippen molar-refractivity contribution in [3.8, 4) is 5.75 Å². The van der Waals surface area contributed by atoms with E-state index in [-0.39, 0.29) is 22.3 Å². The third kappa shape index (κ3) is 1.51. The third-order valence-corrected chi connectivity index (χ3v) is 2.06. The van der Waals surface area contributed by atoms with Crippen molar-refractivity contribution in [2.75, 3.05) is 5.73 Å². The highest BCUT2D eigenvalue weighted by Crippen LogP contribution is 2.35. The Morgan fingerprint density at radius 3 is 2.57 bits per heavy atom. The number of nitrogens with two attached hydrogens (primary N) is 2. The number of aldehydes is 1. The molecule has 7 heteroatoms. The number of carbonyl (C=O) groups is 2. The standard InChI is InChI=1S/C7H8ClN3O3/c1-11-3(2-12)4(8)5(6(11)9)14-7(10)13/h2H,9H2,1H3,(H2,10,13). The van der Waals surface area contributed by atoms with Crippen LogP contribution in [0.3, 0.4) is 0 Å². The summed E-state index contributed by atoms with van der Waals surface area (Å²) in [6.45, 7) is 0. The zero-order valence-corrected chi connectivity index (χ0v) is 8.04.